The molecule has 0 N–H and O–H groups in total. The van der Waals surface area contributed by atoms with E-state index in [1.54, 1.807) is 0 Å². The summed E-state index contributed by atoms with van der Waals surface area (Å²) in [5.41, 5.74) is 1.06. The fraction of sp³-hybridized carbons (Fsp3) is 0.417. The van der Waals surface area contributed by atoms with Gasteiger partial charge in [-0.3, -0.25) is 4.79 Å². The van der Waals surface area contributed by atoms with Crippen molar-refractivity contribution in [2.45, 2.75) is 25.3 Å². The Morgan fingerprint density at radius 1 is 1.33 bits per heavy atom. The van der Waals surface area contributed by atoms with Gasteiger partial charge in [0, 0.05) is 24.2 Å². The highest BCUT2D eigenvalue weighted by Crippen LogP contribution is 2.25. The van der Waals surface area contributed by atoms with Crippen LogP contribution in [-0.4, -0.2) is 18.9 Å². The quantitative estimate of drug-likeness (QED) is 0.769. The van der Waals surface area contributed by atoms with E-state index in [0.717, 1.165) is 30.0 Å². The van der Waals surface area contributed by atoms with Crippen LogP contribution < -0.4 is 4.90 Å². The molecule has 0 heterocycles. The summed E-state index contributed by atoms with van der Waals surface area (Å²) in [5, 5.41) is 0.727. The highest BCUT2D eigenvalue weighted by atomic mass is 35.5. The third kappa shape index (κ3) is 2.15. The minimum atomic E-state index is 0.0613. The molecular formula is C12H14ClNO. The van der Waals surface area contributed by atoms with Gasteiger partial charge >= 0.3 is 0 Å². The summed E-state index contributed by atoms with van der Waals surface area (Å²) in [6, 6.07) is 7.67. The molecular weight excluding hydrogens is 210 g/mol. The molecule has 1 aliphatic carbocycles. The average molecular weight is 224 g/mol. The maximum Gasteiger partial charge on any atom is 0.155 e. The molecule has 1 saturated carbocycles. The number of rotatable bonds is 2. The van der Waals surface area contributed by atoms with E-state index in [-0.39, 0.29) is 6.04 Å². The van der Waals surface area contributed by atoms with Crippen LogP contribution in [0.3, 0.4) is 0 Å². The van der Waals surface area contributed by atoms with E-state index in [0.29, 0.717) is 5.78 Å². The van der Waals surface area contributed by atoms with Crippen molar-refractivity contribution >= 4 is 23.1 Å². The number of hydrogen-bond donors (Lipinski definition) is 0. The second-order valence-electron chi connectivity index (χ2n) is 3.96. The Kier molecular flexibility index (Phi) is 2.96. The predicted octanol–water partition coefficient (Wildman–Crippen LogP) is 2.90. The maximum absolute atomic E-state index is 11.6. The molecule has 0 amide bonds. The first kappa shape index (κ1) is 10.5. The van der Waals surface area contributed by atoms with Gasteiger partial charge in [-0.05, 0) is 37.1 Å². The molecule has 1 unspecified atom stereocenters. The molecule has 1 atom stereocenters. The lowest BCUT2D eigenvalue weighted by atomic mass is 10.2. The summed E-state index contributed by atoms with van der Waals surface area (Å²) < 4.78 is 0. The molecule has 1 fully saturated rings. The largest absolute Gasteiger partial charge is 0.365 e. The number of nitrogens with zero attached hydrogens (tertiary/aromatic N) is 1. The van der Waals surface area contributed by atoms with Crippen molar-refractivity contribution < 1.29 is 4.79 Å². The van der Waals surface area contributed by atoms with Gasteiger partial charge < -0.3 is 4.90 Å². The van der Waals surface area contributed by atoms with E-state index in [4.69, 9.17) is 11.6 Å². The van der Waals surface area contributed by atoms with Crippen molar-refractivity contribution in [1.82, 2.24) is 0 Å². The summed E-state index contributed by atoms with van der Waals surface area (Å²) in [6.45, 7) is 0. The van der Waals surface area contributed by atoms with Gasteiger partial charge in [0.05, 0.1) is 6.04 Å². The van der Waals surface area contributed by atoms with E-state index < -0.39 is 0 Å². The zero-order chi connectivity index (χ0) is 10.8. The highest BCUT2D eigenvalue weighted by Gasteiger charge is 2.27. The average Bonchev–Trinajstić information content (AvgIpc) is 2.65. The molecule has 0 radical (unpaired) electrons. The Hall–Kier alpha value is -1.02. The predicted molar refractivity (Wildman–Crippen MR) is 62.5 cm³/mol. The van der Waals surface area contributed by atoms with Gasteiger partial charge in [0.2, 0.25) is 0 Å². The maximum atomic E-state index is 11.6. The Labute approximate surface area is 94.8 Å². The zero-order valence-corrected chi connectivity index (χ0v) is 9.50. The minimum absolute atomic E-state index is 0.0613. The van der Waals surface area contributed by atoms with Gasteiger partial charge in [0.15, 0.2) is 5.78 Å². The monoisotopic (exact) mass is 223 g/mol. The molecule has 2 nitrogen and oxygen atoms in total. The number of likely N-dealkylation sites (N-methyl/N-ethyl adjacent to an activating group) is 1. The fourth-order valence-corrected chi connectivity index (χ4v) is 2.19. The van der Waals surface area contributed by atoms with Gasteiger partial charge in [0.1, 0.15) is 0 Å². The number of carbonyl (C=O) groups excluding carboxylic acids is 1. The standard InChI is InChI=1S/C12H14ClNO/c1-14(11-3-2-4-12(11)15)10-7-5-9(13)6-8-10/h5-8,11H,2-4H2,1H3. The van der Waals surface area contributed by atoms with Gasteiger partial charge in [-0.1, -0.05) is 11.6 Å². The number of benzene rings is 1. The number of carbonyl (C=O) groups is 1. The second-order valence-corrected chi connectivity index (χ2v) is 4.40. The van der Waals surface area contributed by atoms with Crippen LogP contribution >= 0.6 is 11.6 Å². The molecule has 1 aliphatic rings. The Morgan fingerprint density at radius 2 is 2.00 bits per heavy atom. The van der Waals surface area contributed by atoms with Crippen molar-refractivity contribution in [2.24, 2.45) is 0 Å². The molecule has 0 aliphatic heterocycles. The second kappa shape index (κ2) is 4.23. The molecule has 2 rings (SSSR count). The van der Waals surface area contributed by atoms with E-state index in [9.17, 15) is 4.79 Å². The molecule has 0 spiro atoms. The molecule has 0 saturated heterocycles. The lowest BCUT2D eigenvalue weighted by Crippen LogP contribution is -2.34. The van der Waals surface area contributed by atoms with Gasteiger partial charge in [-0.25, -0.2) is 0 Å². The van der Waals surface area contributed by atoms with Gasteiger partial charge in [-0.2, -0.15) is 0 Å². The van der Waals surface area contributed by atoms with Crippen LogP contribution in [-0.2, 0) is 4.79 Å². The van der Waals surface area contributed by atoms with Crippen LogP contribution in [0.15, 0.2) is 24.3 Å². The number of ketones is 1. The lowest BCUT2D eigenvalue weighted by Gasteiger charge is -2.25. The molecule has 0 bridgehead atoms. The van der Waals surface area contributed by atoms with Crippen molar-refractivity contribution in [3.8, 4) is 0 Å². The number of anilines is 1. The minimum Gasteiger partial charge on any atom is -0.365 e. The van der Waals surface area contributed by atoms with Crippen LogP contribution in [0.2, 0.25) is 5.02 Å². The topological polar surface area (TPSA) is 20.3 Å². The normalized spacial score (nSPS) is 20.7. The molecule has 1 aromatic rings. The smallest absolute Gasteiger partial charge is 0.155 e. The van der Waals surface area contributed by atoms with Crippen LogP contribution in [0.1, 0.15) is 19.3 Å². The van der Waals surface area contributed by atoms with E-state index >= 15 is 0 Å². The first-order valence-electron chi connectivity index (χ1n) is 5.19. The lowest BCUT2D eigenvalue weighted by molar-refractivity contribution is -0.118. The summed E-state index contributed by atoms with van der Waals surface area (Å²) in [5.74, 6) is 0.354. The Bertz CT molecular complexity index is 360. The van der Waals surface area contributed by atoms with Gasteiger partial charge in [0.25, 0.3) is 0 Å². The summed E-state index contributed by atoms with van der Waals surface area (Å²) in [4.78, 5) is 13.6. The molecule has 80 valence electrons. The van der Waals surface area contributed by atoms with Crippen LogP contribution in [0.4, 0.5) is 5.69 Å². The molecule has 15 heavy (non-hydrogen) atoms. The van der Waals surface area contributed by atoms with E-state index in [2.05, 4.69) is 0 Å². The van der Waals surface area contributed by atoms with Crippen LogP contribution in [0.5, 0.6) is 0 Å². The number of Topliss-reactive ketones (excluding diaryl/α,β-unsaturated/α-hetero) is 1. The summed E-state index contributed by atoms with van der Waals surface area (Å²) in [6.07, 6.45) is 2.71. The molecule has 3 heteroatoms. The van der Waals surface area contributed by atoms with Crippen LogP contribution in [0, 0.1) is 0 Å². The number of hydrogen-bond acceptors (Lipinski definition) is 2. The van der Waals surface area contributed by atoms with E-state index in [1.807, 2.05) is 36.2 Å². The van der Waals surface area contributed by atoms with Crippen molar-refractivity contribution in [3.63, 3.8) is 0 Å². The number of halogens is 1. The van der Waals surface area contributed by atoms with E-state index in [1.165, 1.54) is 0 Å². The third-order valence-electron chi connectivity index (χ3n) is 2.97. The molecule has 0 aromatic heterocycles. The summed E-state index contributed by atoms with van der Waals surface area (Å²) >= 11 is 5.82. The SMILES string of the molecule is CN(c1ccc(Cl)cc1)C1CCCC1=O. The first-order valence-corrected chi connectivity index (χ1v) is 5.57. The van der Waals surface area contributed by atoms with Crippen LogP contribution in [0.25, 0.3) is 0 Å². The zero-order valence-electron chi connectivity index (χ0n) is 8.74. The van der Waals surface area contributed by atoms with Gasteiger partial charge in [-0.15, -0.1) is 0 Å². The van der Waals surface area contributed by atoms with Crippen molar-refractivity contribution in [3.05, 3.63) is 29.3 Å². The highest BCUT2D eigenvalue weighted by molar-refractivity contribution is 6.30. The molecule has 1 aromatic carbocycles. The van der Waals surface area contributed by atoms with Crippen molar-refractivity contribution in [2.75, 3.05) is 11.9 Å². The van der Waals surface area contributed by atoms with Crippen molar-refractivity contribution in [1.29, 1.82) is 0 Å². The fourth-order valence-electron chi connectivity index (χ4n) is 2.06. The summed E-state index contributed by atoms with van der Waals surface area (Å²) in [7, 11) is 1.97. The third-order valence-corrected chi connectivity index (χ3v) is 3.23. The Morgan fingerprint density at radius 3 is 2.53 bits per heavy atom. The Balaban J connectivity index is 2.16. The first-order chi connectivity index (χ1) is 7.18.